The summed E-state index contributed by atoms with van der Waals surface area (Å²) < 4.78 is 14.2. The number of nitrogens with one attached hydrogen (secondary N) is 1. The Balaban J connectivity index is 3.63. The van der Waals surface area contributed by atoms with Crippen LogP contribution in [0.15, 0.2) is 0 Å². The average Bonchev–Trinajstić information content (AvgIpc) is 2.16. The van der Waals surface area contributed by atoms with E-state index in [1.165, 1.54) is 0 Å². The van der Waals surface area contributed by atoms with Crippen molar-refractivity contribution in [2.24, 2.45) is 5.41 Å². The maximum Gasteiger partial charge on any atom is 0.416 e. The molecule has 6 heteroatoms. The van der Waals surface area contributed by atoms with Crippen LogP contribution in [0.5, 0.6) is 0 Å². The Labute approximate surface area is 95.2 Å². The van der Waals surface area contributed by atoms with Crippen LogP contribution in [0, 0.1) is 5.41 Å². The molecule has 16 heavy (non-hydrogen) atoms. The summed E-state index contributed by atoms with van der Waals surface area (Å²) in [6.45, 7) is 5.79. The SMILES string of the molecule is COCCOCNC(=O)OC(=O)C(C)(C)C. The van der Waals surface area contributed by atoms with E-state index >= 15 is 0 Å². The van der Waals surface area contributed by atoms with Gasteiger partial charge in [-0.15, -0.1) is 0 Å². The Morgan fingerprint density at radius 1 is 1.19 bits per heavy atom. The van der Waals surface area contributed by atoms with Gasteiger partial charge in [0.05, 0.1) is 18.6 Å². The number of carbonyl (C=O) groups excluding carboxylic acids is 2. The van der Waals surface area contributed by atoms with Crippen LogP contribution >= 0.6 is 0 Å². The second-order valence-corrected chi connectivity index (χ2v) is 4.15. The number of ether oxygens (including phenoxy) is 3. The molecule has 0 aromatic heterocycles. The zero-order chi connectivity index (χ0) is 12.6. The zero-order valence-electron chi connectivity index (χ0n) is 10.2. The molecule has 0 radical (unpaired) electrons. The lowest BCUT2D eigenvalue weighted by molar-refractivity contribution is -0.146. The summed E-state index contributed by atoms with van der Waals surface area (Å²) in [5.41, 5.74) is -0.700. The fourth-order valence-electron chi connectivity index (χ4n) is 0.598. The lowest BCUT2D eigenvalue weighted by Crippen LogP contribution is -2.33. The number of amides is 1. The van der Waals surface area contributed by atoms with Crippen LogP contribution in [-0.2, 0) is 19.0 Å². The number of hydrogen-bond acceptors (Lipinski definition) is 5. The molecule has 0 aliphatic heterocycles. The minimum atomic E-state index is -0.808. The molecule has 6 nitrogen and oxygen atoms in total. The van der Waals surface area contributed by atoms with E-state index < -0.39 is 17.5 Å². The summed E-state index contributed by atoms with van der Waals surface area (Å²) in [5.74, 6) is -0.582. The zero-order valence-corrected chi connectivity index (χ0v) is 10.2. The van der Waals surface area contributed by atoms with Crippen molar-refractivity contribution in [3.63, 3.8) is 0 Å². The molecule has 0 fully saturated rings. The number of esters is 1. The van der Waals surface area contributed by atoms with E-state index in [4.69, 9.17) is 9.47 Å². The summed E-state index contributed by atoms with van der Waals surface area (Å²) in [6, 6.07) is 0. The molecule has 0 aliphatic rings. The van der Waals surface area contributed by atoms with Crippen molar-refractivity contribution in [3.8, 4) is 0 Å². The number of alkyl carbamates (subject to hydrolysis) is 1. The molecule has 0 aromatic rings. The van der Waals surface area contributed by atoms with Crippen LogP contribution in [0.2, 0.25) is 0 Å². The van der Waals surface area contributed by atoms with E-state index in [0.29, 0.717) is 13.2 Å². The average molecular weight is 233 g/mol. The second-order valence-electron chi connectivity index (χ2n) is 4.15. The van der Waals surface area contributed by atoms with E-state index in [1.807, 2.05) is 0 Å². The van der Waals surface area contributed by atoms with Crippen LogP contribution in [-0.4, -0.2) is 39.1 Å². The first kappa shape index (κ1) is 14.9. The largest absolute Gasteiger partial charge is 0.416 e. The minimum Gasteiger partial charge on any atom is -0.382 e. The molecular formula is C10H19NO5. The van der Waals surface area contributed by atoms with Crippen molar-refractivity contribution in [1.29, 1.82) is 0 Å². The molecule has 1 amide bonds. The van der Waals surface area contributed by atoms with E-state index in [9.17, 15) is 9.59 Å². The Bertz CT molecular complexity index is 234. The van der Waals surface area contributed by atoms with E-state index in [0.717, 1.165) is 0 Å². The van der Waals surface area contributed by atoms with E-state index in [2.05, 4.69) is 10.1 Å². The minimum absolute atomic E-state index is 0.0143. The van der Waals surface area contributed by atoms with Crippen LogP contribution in [0.1, 0.15) is 20.8 Å². The molecule has 0 saturated heterocycles. The van der Waals surface area contributed by atoms with Gasteiger partial charge in [-0.2, -0.15) is 0 Å². The van der Waals surface area contributed by atoms with Gasteiger partial charge in [0.2, 0.25) is 0 Å². The topological polar surface area (TPSA) is 73.9 Å². The normalized spacial score (nSPS) is 11.0. The predicted octanol–water partition coefficient (Wildman–Crippen LogP) is 0.906. The number of rotatable bonds is 5. The van der Waals surface area contributed by atoms with Crippen molar-refractivity contribution in [2.45, 2.75) is 20.8 Å². The van der Waals surface area contributed by atoms with Gasteiger partial charge in [0, 0.05) is 7.11 Å². The molecular weight excluding hydrogens is 214 g/mol. The fourth-order valence-corrected chi connectivity index (χ4v) is 0.598. The van der Waals surface area contributed by atoms with Gasteiger partial charge in [0.25, 0.3) is 0 Å². The number of hydrogen-bond donors (Lipinski definition) is 1. The first-order valence-electron chi connectivity index (χ1n) is 4.94. The lowest BCUT2D eigenvalue weighted by atomic mass is 9.98. The molecule has 0 rings (SSSR count). The van der Waals surface area contributed by atoms with Gasteiger partial charge in [0.1, 0.15) is 6.73 Å². The maximum absolute atomic E-state index is 11.3. The third-order valence-corrected chi connectivity index (χ3v) is 1.55. The maximum atomic E-state index is 11.3. The predicted molar refractivity (Wildman–Crippen MR) is 56.8 cm³/mol. The van der Waals surface area contributed by atoms with Gasteiger partial charge < -0.3 is 14.2 Å². The molecule has 0 atom stereocenters. The highest BCUT2D eigenvalue weighted by atomic mass is 16.6. The van der Waals surface area contributed by atoms with Crippen LogP contribution in [0.3, 0.4) is 0 Å². The smallest absolute Gasteiger partial charge is 0.382 e. The Morgan fingerprint density at radius 2 is 1.81 bits per heavy atom. The molecule has 0 saturated carbocycles. The van der Waals surface area contributed by atoms with Gasteiger partial charge >= 0.3 is 12.1 Å². The van der Waals surface area contributed by atoms with Crippen LogP contribution in [0.25, 0.3) is 0 Å². The monoisotopic (exact) mass is 233 g/mol. The van der Waals surface area contributed by atoms with Crippen LogP contribution in [0.4, 0.5) is 4.79 Å². The van der Waals surface area contributed by atoms with E-state index in [1.54, 1.807) is 27.9 Å². The van der Waals surface area contributed by atoms with Crippen molar-refractivity contribution in [3.05, 3.63) is 0 Å². The van der Waals surface area contributed by atoms with E-state index in [-0.39, 0.29) is 6.73 Å². The molecule has 94 valence electrons. The highest BCUT2D eigenvalue weighted by Crippen LogP contribution is 2.14. The van der Waals surface area contributed by atoms with Gasteiger partial charge in [-0.1, -0.05) is 0 Å². The molecule has 1 N–H and O–H groups in total. The second kappa shape index (κ2) is 7.19. The van der Waals surface area contributed by atoms with Gasteiger partial charge in [-0.25, -0.2) is 4.79 Å². The Kier molecular flexibility index (Phi) is 6.67. The highest BCUT2D eigenvalue weighted by Gasteiger charge is 2.25. The van der Waals surface area contributed by atoms with Crippen molar-refractivity contribution in [1.82, 2.24) is 5.32 Å². The number of methoxy groups -OCH3 is 1. The highest BCUT2D eigenvalue weighted by molar-refractivity contribution is 5.87. The quantitative estimate of drug-likeness (QED) is 0.330. The molecule has 0 spiro atoms. The number of carbonyl (C=O) groups is 2. The molecule has 0 bridgehead atoms. The van der Waals surface area contributed by atoms with Gasteiger partial charge in [0.15, 0.2) is 0 Å². The standard InChI is InChI=1S/C10H19NO5/c1-10(2,3)8(12)16-9(13)11-7-15-6-5-14-4/h5-7H2,1-4H3,(H,11,13). The first-order valence-corrected chi connectivity index (χ1v) is 4.94. The summed E-state index contributed by atoms with van der Waals surface area (Å²) in [5, 5.41) is 2.28. The Hall–Kier alpha value is -1.14. The lowest BCUT2D eigenvalue weighted by Gasteiger charge is -2.15. The molecule has 0 aromatic carbocycles. The fraction of sp³-hybridized carbons (Fsp3) is 0.800. The van der Waals surface area contributed by atoms with Crippen molar-refractivity contribution >= 4 is 12.1 Å². The molecule has 0 unspecified atom stereocenters. The molecule has 0 heterocycles. The third-order valence-electron chi connectivity index (χ3n) is 1.55. The van der Waals surface area contributed by atoms with Crippen LogP contribution < -0.4 is 5.32 Å². The molecule has 0 aliphatic carbocycles. The summed E-state index contributed by atoms with van der Waals surface area (Å²) in [4.78, 5) is 22.3. The van der Waals surface area contributed by atoms with Gasteiger partial charge in [-0.3, -0.25) is 10.1 Å². The van der Waals surface area contributed by atoms with Gasteiger partial charge in [-0.05, 0) is 20.8 Å². The first-order chi connectivity index (χ1) is 7.38. The summed E-state index contributed by atoms with van der Waals surface area (Å²) >= 11 is 0. The van der Waals surface area contributed by atoms with Crippen molar-refractivity contribution < 1.29 is 23.8 Å². The third kappa shape index (κ3) is 7.19. The summed E-state index contributed by atoms with van der Waals surface area (Å²) in [6.07, 6.45) is -0.808. The summed E-state index contributed by atoms with van der Waals surface area (Å²) in [7, 11) is 1.55. The van der Waals surface area contributed by atoms with Crippen molar-refractivity contribution in [2.75, 3.05) is 27.1 Å². The Morgan fingerprint density at radius 3 is 2.31 bits per heavy atom.